The molecule has 7 heteroatoms. The zero-order chi connectivity index (χ0) is 25.3. The van der Waals surface area contributed by atoms with E-state index in [9.17, 15) is 14.7 Å². The number of hydrogen-bond donors (Lipinski definition) is 2. The summed E-state index contributed by atoms with van der Waals surface area (Å²) in [6.45, 7) is 3.11. The highest BCUT2D eigenvalue weighted by Gasteiger charge is 2.38. The fraction of sp³-hybridized carbons (Fsp3) is 0.276. The van der Waals surface area contributed by atoms with Crippen molar-refractivity contribution in [2.45, 2.75) is 31.4 Å². The predicted molar refractivity (Wildman–Crippen MR) is 138 cm³/mol. The van der Waals surface area contributed by atoms with Crippen molar-refractivity contribution in [2.24, 2.45) is 7.05 Å². The summed E-state index contributed by atoms with van der Waals surface area (Å²) in [6, 6.07) is 24.3. The fourth-order valence-electron chi connectivity index (χ4n) is 5.05. The van der Waals surface area contributed by atoms with E-state index in [2.05, 4.69) is 5.32 Å². The molecule has 1 aromatic heterocycles. The fourth-order valence-corrected chi connectivity index (χ4v) is 5.05. The van der Waals surface area contributed by atoms with E-state index < -0.39 is 5.60 Å². The number of rotatable bonds is 6. The van der Waals surface area contributed by atoms with E-state index in [0.29, 0.717) is 54.0 Å². The number of likely N-dealkylation sites (tertiary alicyclic amines) is 1. The van der Waals surface area contributed by atoms with Crippen LogP contribution in [0.2, 0.25) is 0 Å². The van der Waals surface area contributed by atoms with Gasteiger partial charge in [0, 0.05) is 38.2 Å². The zero-order valence-corrected chi connectivity index (χ0v) is 20.5. The number of imidazole rings is 1. The number of carbonyl (C=O) groups is 2. The van der Waals surface area contributed by atoms with Gasteiger partial charge in [-0.05, 0) is 42.7 Å². The first-order valence-corrected chi connectivity index (χ1v) is 12.3. The van der Waals surface area contributed by atoms with Gasteiger partial charge in [-0.1, -0.05) is 60.7 Å². The van der Waals surface area contributed by atoms with Crippen LogP contribution >= 0.6 is 0 Å². The number of nitrogens with zero attached hydrogens (tertiary/aromatic N) is 3. The molecular formula is C29H30N4O3. The standard InChI is InChI=1S/C29H30N4O3/c1-3-33-19-23(15-17-26(33)34)30-27(35)20-14-16-24-25(18-20)32(2)28(31-24)29(36,21-10-6-4-7-11-21)22-12-8-5-9-13-22/h4-14,16,18,23,36H,3,15,17,19H2,1-2H3,(H,30,35)/t23-/m1/s1. The smallest absolute Gasteiger partial charge is 0.251 e. The Hall–Kier alpha value is -3.97. The topological polar surface area (TPSA) is 87.5 Å². The van der Waals surface area contributed by atoms with Gasteiger partial charge in [0.2, 0.25) is 5.91 Å². The third kappa shape index (κ3) is 4.16. The van der Waals surface area contributed by atoms with Gasteiger partial charge in [-0.25, -0.2) is 4.98 Å². The molecule has 0 bridgehead atoms. The van der Waals surface area contributed by atoms with Gasteiger partial charge < -0.3 is 19.9 Å². The minimum atomic E-state index is -1.48. The summed E-state index contributed by atoms with van der Waals surface area (Å²) < 4.78 is 1.85. The second-order valence-electron chi connectivity index (χ2n) is 9.28. The number of carbonyl (C=O) groups excluding carboxylic acids is 2. The summed E-state index contributed by atoms with van der Waals surface area (Å²) in [7, 11) is 1.86. The number of aryl methyl sites for hydroxylation is 1. The Bertz CT molecular complexity index is 1360. The lowest BCUT2D eigenvalue weighted by Gasteiger charge is -2.32. The van der Waals surface area contributed by atoms with Crippen molar-refractivity contribution >= 4 is 22.8 Å². The number of likely N-dealkylation sites (N-methyl/N-ethyl adjacent to an activating group) is 1. The molecular weight excluding hydrogens is 452 g/mol. The molecule has 2 amide bonds. The summed E-state index contributed by atoms with van der Waals surface area (Å²) in [5.74, 6) is 0.421. The Balaban J connectivity index is 1.51. The molecule has 1 saturated heterocycles. The lowest BCUT2D eigenvalue weighted by atomic mass is 9.85. The molecule has 1 aliphatic heterocycles. The van der Waals surface area contributed by atoms with Crippen LogP contribution in [0.25, 0.3) is 11.0 Å². The normalized spacial score (nSPS) is 16.4. The van der Waals surface area contributed by atoms with Crippen LogP contribution in [0.1, 0.15) is 47.1 Å². The Kier molecular flexibility index (Phi) is 6.33. The van der Waals surface area contributed by atoms with Crippen LogP contribution in [0.3, 0.4) is 0 Å². The third-order valence-electron chi connectivity index (χ3n) is 7.07. The molecule has 0 aliphatic carbocycles. The second kappa shape index (κ2) is 9.59. The van der Waals surface area contributed by atoms with Crippen LogP contribution in [0.5, 0.6) is 0 Å². The van der Waals surface area contributed by atoms with E-state index in [1.54, 1.807) is 11.0 Å². The molecule has 7 nitrogen and oxygen atoms in total. The van der Waals surface area contributed by atoms with Gasteiger partial charge in [0.15, 0.2) is 11.4 Å². The number of aliphatic hydroxyl groups is 1. The van der Waals surface area contributed by atoms with Gasteiger partial charge in [-0.2, -0.15) is 0 Å². The molecule has 0 unspecified atom stereocenters. The van der Waals surface area contributed by atoms with Crippen molar-refractivity contribution in [3.8, 4) is 0 Å². The molecule has 184 valence electrons. The van der Waals surface area contributed by atoms with Crippen molar-refractivity contribution in [2.75, 3.05) is 13.1 Å². The van der Waals surface area contributed by atoms with Crippen LogP contribution in [0.4, 0.5) is 0 Å². The van der Waals surface area contributed by atoms with E-state index in [-0.39, 0.29) is 17.9 Å². The first-order valence-electron chi connectivity index (χ1n) is 12.3. The largest absolute Gasteiger partial charge is 0.373 e. The lowest BCUT2D eigenvalue weighted by Crippen LogP contribution is -2.49. The van der Waals surface area contributed by atoms with Gasteiger partial charge in [0.1, 0.15) is 0 Å². The van der Waals surface area contributed by atoms with Gasteiger partial charge in [-0.15, -0.1) is 0 Å². The molecule has 3 aromatic carbocycles. The number of amides is 2. The molecule has 4 aromatic rings. The first kappa shape index (κ1) is 23.8. The van der Waals surface area contributed by atoms with Crippen LogP contribution < -0.4 is 5.32 Å². The number of hydrogen-bond acceptors (Lipinski definition) is 4. The quantitative estimate of drug-likeness (QED) is 0.440. The van der Waals surface area contributed by atoms with Crippen molar-refractivity contribution in [3.63, 3.8) is 0 Å². The van der Waals surface area contributed by atoms with Gasteiger partial charge in [0.05, 0.1) is 11.0 Å². The number of nitrogens with one attached hydrogen (secondary N) is 1. The molecule has 1 atom stereocenters. The van der Waals surface area contributed by atoms with Crippen LogP contribution in [0, 0.1) is 0 Å². The maximum atomic E-state index is 13.1. The Morgan fingerprint density at radius 2 is 1.69 bits per heavy atom. The minimum Gasteiger partial charge on any atom is -0.373 e. The highest BCUT2D eigenvalue weighted by atomic mass is 16.3. The van der Waals surface area contributed by atoms with E-state index in [0.717, 1.165) is 5.52 Å². The summed E-state index contributed by atoms with van der Waals surface area (Å²) >= 11 is 0. The number of piperidine rings is 1. The average Bonchev–Trinajstić information content (AvgIpc) is 3.26. The van der Waals surface area contributed by atoms with Gasteiger partial charge in [0.25, 0.3) is 5.91 Å². The molecule has 36 heavy (non-hydrogen) atoms. The maximum absolute atomic E-state index is 13.1. The first-order chi connectivity index (χ1) is 17.4. The monoisotopic (exact) mass is 482 g/mol. The van der Waals surface area contributed by atoms with Crippen molar-refractivity contribution in [1.82, 2.24) is 19.8 Å². The Morgan fingerprint density at radius 3 is 2.31 bits per heavy atom. The maximum Gasteiger partial charge on any atom is 0.251 e. The van der Waals surface area contributed by atoms with E-state index in [4.69, 9.17) is 4.98 Å². The number of aromatic nitrogens is 2. The minimum absolute atomic E-state index is 0.0748. The van der Waals surface area contributed by atoms with Crippen molar-refractivity contribution in [1.29, 1.82) is 0 Å². The molecule has 5 rings (SSSR count). The number of benzene rings is 3. The molecule has 0 spiro atoms. The van der Waals surface area contributed by atoms with E-state index in [1.807, 2.05) is 91.3 Å². The molecule has 2 N–H and O–H groups in total. The Labute approximate surface area is 210 Å². The molecule has 1 fully saturated rings. The van der Waals surface area contributed by atoms with E-state index >= 15 is 0 Å². The average molecular weight is 483 g/mol. The highest BCUT2D eigenvalue weighted by molar-refractivity contribution is 5.97. The summed E-state index contributed by atoms with van der Waals surface area (Å²) in [5.41, 5.74) is 1.89. The summed E-state index contributed by atoms with van der Waals surface area (Å²) in [4.78, 5) is 31.7. The molecule has 0 radical (unpaired) electrons. The second-order valence-corrected chi connectivity index (χ2v) is 9.28. The lowest BCUT2D eigenvalue weighted by molar-refractivity contribution is -0.133. The summed E-state index contributed by atoms with van der Waals surface area (Å²) in [5, 5.41) is 15.3. The molecule has 1 aliphatic rings. The zero-order valence-electron chi connectivity index (χ0n) is 20.5. The molecule has 2 heterocycles. The van der Waals surface area contributed by atoms with Crippen LogP contribution in [0.15, 0.2) is 78.9 Å². The third-order valence-corrected chi connectivity index (χ3v) is 7.07. The van der Waals surface area contributed by atoms with Crippen LogP contribution in [-0.2, 0) is 17.4 Å². The van der Waals surface area contributed by atoms with E-state index in [1.165, 1.54) is 0 Å². The van der Waals surface area contributed by atoms with Crippen molar-refractivity contribution < 1.29 is 14.7 Å². The van der Waals surface area contributed by atoms with Crippen molar-refractivity contribution in [3.05, 3.63) is 101 Å². The Morgan fingerprint density at radius 1 is 1.06 bits per heavy atom. The molecule has 0 saturated carbocycles. The number of fused-ring (bicyclic) bond motifs is 1. The summed E-state index contributed by atoms with van der Waals surface area (Å²) in [6.07, 6.45) is 1.08. The van der Waals surface area contributed by atoms with Crippen LogP contribution in [-0.4, -0.2) is 50.5 Å². The van der Waals surface area contributed by atoms with Gasteiger partial charge >= 0.3 is 0 Å². The highest BCUT2D eigenvalue weighted by Crippen LogP contribution is 2.37. The SMILES string of the molecule is CCN1C[C@H](NC(=O)c2ccc3nc(C(O)(c4ccccc4)c4ccccc4)n(C)c3c2)CCC1=O. The predicted octanol–water partition coefficient (Wildman–Crippen LogP) is 3.60. The van der Waals surface area contributed by atoms with Gasteiger partial charge in [-0.3, -0.25) is 9.59 Å².